The largest absolute Gasteiger partial charge is 0.485 e. The summed E-state index contributed by atoms with van der Waals surface area (Å²) < 4.78 is 7.96. The molecule has 0 spiro atoms. The maximum absolute atomic E-state index is 12.4. The molecule has 0 aliphatic heterocycles. The summed E-state index contributed by atoms with van der Waals surface area (Å²) in [7, 11) is 0. The number of hydrogen-bond donors (Lipinski definition) is 1. The SMILES string of the molecule is C=CCn1c(COc2c(C)cccc2C)nnc1SCC(=O)N[C@@H](C)c1ccccc1. The van der Waals surface area contributed by atoms with E-state index in [0.29, 0.717) is 24.1 Å². The van der Waals surface area contributed by atoms with Crippen LogP contribution in [0.3, 0.4) is 0 Å². The summed E-state index contributed by atoms with van der Waals surface area (Å²) in [5.41, 5.74) is 3.23. The minimum atomic E-state index is -0.0540. The highest BCUT2D eigenvalue weighted by atomic mass is 32.2. The lowest BCUT2D eigenvalue weighted by atomic mass is 10.1. The lowest BCUT2D eigenvalue weighted by molar-refractivity contribution is -0.119. The minimum absolute atomic E-state index is 0.0529. The van der Waals surface area contributed by atoms with Gasteiger partial charge in [-0.2, -0.15) is 0 Å². The quantitative estimate of drug-likeness (QED) is 0.371. The molecule has 0 aliphatic rings. The second-order valence-electron chi connectivity index (χ2n) is 7.30. The van der Waals surface area contributed by atoms with Crippen LogP contribution >= 0.6 is 11.8 Å². The summed E-state index contributed by atoms with van der Waals surface area (Å²) in [4.78, 5) is 12.4. The van der Waals surface area contributed by atoms with Crippen molar-refractivity contribution in [3.05, 3.63) is 83.7 Å². The topological polar surface area (TPSA) is 69.0 Å². The van der Waals surface area contributed by atoms with Crippen LogP contribution in [-0.2, 0) is 17.9 Å². The smallest absolute Gasteiger partial charge is 0.230 e. The predicted octanol–water partition coefficient (Wildman–Crippen LogP) is 4.63. The summed E-state index contributed by atoms with van der Waals surface area (Å²) in [6.07, 6.45) is 1.79. The number of nitrogens with zero attached hydrogens (tertiary/aromatic N) is 3. The predicted molar refractivity (Wildman–Crippen MR) is 124 cm³/mol. The van der Waals surface area contributed by atoms with E-state index >= 15 is 0 Å². The molecule has 1 aromatic heterocycles. The van der Waals surface area contributed by atoms with Crippen molar-refractivity contribution in [2.75, 3.05) is 5.75 Å². The van der Waals surface area contributed by atoms with Gasteiger partial charge in [0.05, 0.1) is 11.8 Å². The van der Waals surface area contributed by atoms with Crippen molar-refractivity contribution >= 4 is 17.7 Å². The molecule has 0 saturated heterocycles. The number of nitrogens with one attached hydrogen (secondary N) is 1. The van der Waals surface area contributed by atoms with E-state index in [1.165, 1.54) is 11.8 Å². The van der Waals surface area contributed by atoms with Gasteiger partial charge in [-0.15, -0.1) is 16.8 Å². The van der Waals surface area contributed by atoms with Crippen molar-refractivity contribution in [1.29, 1.82) is 0 Å². The number of ether oxygens (including phenoxy) is 1. The molecule has 1 atom stereocenters. The molecule has 0 saturated carbocycles. The Morgan fingerprint density at radius 3 is 2.55 bits per heavy atom. The van der Waals surface area contributed by atoms with Crippen molar-refractivity contribution < 1.29 is 9.53 Å². The molecule has 7 heteroatoms. The Bertz CT molecular complexity index is 1010. The molecule has 3 aromatic rings. The summed E-state index contributed by atoms with van der Waals surface area (Å²) in [6.45, 7) is 10.7. The Balaban J connectivity index is 1.62. The molecule has 6 nitrogen and oxygen atoms in total. The van der Waals surface area contributed by atoms with Crippen molar-refractivity contribution in [3.8, 4) is 5.75 Å². The zero-order valence-corrected chi connectivity index (χ0v) is 19.0. The Kier molecular flexibility index (Phi) is 7.89. The van der Waals surface area contributed by atoms with Gasteiger partial charge >= 0.3 is 0 Å². The van der Waals surface area contributed by atoms with E-state index in [4.69, 9.17) is 4.74 Å². The van der Waals surface area contributed by atoms with Crippen LogP contribution in [0, 0.1) is 13.8 Å². The van der Waals surface area contributed by atoms with Crippen LogP contribution in [0.5, 0.6) is 5.75 Å². The minimum Gasteiger partial charge on any atom is -0.485 e. The fourth-order valence-electron chi connectivity index (χ4n) is 3.25. The summed E-state index contributed by atoms with van der Waals surface area (Å²) in [6, 6.07) is 15.9. The molecule has 3 rings (SSSR count). The maximum atomic E-state index is 12.4. The molecule has 0 fully saturated rings. The molecule has 0 radical (unpaired) electrons. The van der Waals surface area contributed by atoms with Crippen molar-refractivity contribution in [2.24, 2.45) is 0 Å². The second kappa shape index (κ2) is 10.8. The maximum Gasteiger partial charge on any atom is 0.230 e. The third-order valence-electron chi connectivity index (χ3n) is 4.87. The average molecular weight is 437 g/mol. The highest BCUT2D eigenvalue weighted by molar-refractivity contribution is 7.99. The van der Waals surface area contributed by atoms with E-state index in [2.05, 4.69) is 22.1 Å². The van der Waals surface area contributed by atoms with Crippen LogP contribution < -0.4 is 10.1 Å². The lowest BCUT2D eigenvalue weighted by Gasteiger charge is -2.14. The summed E-state index contributed by atoms with van der Waals surface area (Å²) in [5.74, 6) is 1.76. The molecule has 2 aromatic carbocycles. The Labute approximate surface area is 187 Å². The number of allylic oxidation sites excluding steroid dienone is 1. The monoisotopic (exact) mass is 436 g/mol. The van der Waals surface area contributed by atoms with Crippen LogP contribution in [0.4, 0.5) is 0 Å². The van der Waals surface area contributed by atoms with Crippen molar-refractivity contribution in [2.45, 2.75) is 45.1 Å². The van der Waals surface area contributed by atoms with E-state index in [1.807, 2.05) is 73.9 Å². The molecule has 0 aliphatic carbocycles. The highest BCUT2D eigenvalue weighted by Crippen LogP contribution is 2.24. The van der Waals surface area contributed by atoms with Crippen molar-refractivity contribution in [1.82, 2.24) is 20.1 Å². The molecule has 0 unspecified atom stereocenters. The first kappa shape index (κ1) is 22.6. The third-order valence-corrected chi connectivity index (χ3v) is 5.84. The van der Waals surface area contributed by atoms with Gasteiger partial charge in [-0.25, -0.2) is 0 Å². The van der Waals surface area contributed by atoms with Gasteiger partial charge in [-0.3, -0.25) is 9.36 Å². The first-order chi connectivity index (χ1) is 15.0. The standard InChI is InChI=1S/C24H28N4O2S/c1-5-14-28-21(15-30-23-17(2)10-9-11-18(23)3)26-27-24(28)31-16-22(29)25-19(4)20-12-7-6-8-13-20/h5-13,19H,1,14-16H2,2-4H3,(H,25,29)/t19-/m0/s1. The van der Waals surface area contributed by atoms with Gasteiger partial charge in [0.25, 0.3) is 0 Å². The molecule has 1 heterocycles. The van der Waals surface area contributed by atoms with E-state index < -0.39 is 0 Å². The third kappa shape index (κ3) is 5.98. The summed E-state index contributed by atoms with van der Waals surface area (Å²) in [5, 5.41) is 12.2. The fraction of sp³-hybridized carbons (Fsp3) is 0.292. The Morgan fingerprint density at radius 2 is 1.87 bits per heavy atom. The molecule has 1 amide bonds. The normalized spacial score (nSPS) is 11.7. The zero-order chi connectivity index (χ0) is 22.2. The molecule has 0 bridgehead atoms. The molecule has 1 N–H and O–H groups in total. The van der Waals surface area contributed by atoms with Crippen LogP contribution in [0.1, 0.15) is 35.5 Å². The number of carbonyl (C=O) groups is 1. The van der Waals surface area contributed by atoms with Gasteiger partial charge < -0.3 is 10.1 Å². The zero-order valence-electron chi connectivity index (χ0n) is 18.2. The number of hydrogen-bond acceptors (Lipinski definition) is 5. The Hall–Kier alpha value is -3.06. The summed E-state index contributed by atoms with van der Waals surface area (Å²) >= 11 is 1.36. The van der Waals surface area contributed by atoms with Crippen LogP contribution in [0.25, 0.3) is 0 Å². The molecule has 162 valence electrons. The highest BCUT2D eigenvalue weighted by Gasteiger charge is 2.16. The number of carbonyl (C=O) groups excluding carboxylic acids is 1. The van der Waals surface area contributed by atoms with Gasteiger partial charge in [-0.05, 0) is 37.5 Å². The fourth-order valence-corrected chi connectivity index (χ4v) is 4.02. The number of aromatic nitrogens is 3. The first-order valence-electron chi connectivity index (χ1n) is 10.2. The van der Waals surface area contributed by atoms with Crippen LogP contribution in [-0.4, -0.2) is 26.4 Å². The number of aryl methyl sites for hydroxylation is 2. The van der Waals surface area contributed by atoms with Crippen LogP contribution in [0.15, 0.2) is 66.3 Å². The van der Waals surface area contributed by atoms with Gasteiger partial charge in [0.2, 0.25) is 5.91 Å². The number of benzene rings is 2. The van der Waals surface area contributed by atoms with E-state index in [1.54, 1.807) is 6.08 Å². The van der Waals surface area contributed by atoms with Gasteiger partial charge in [0.1, 0.15) is 12.4 Å². The van der Waals surface area contributed by atoms with Gasteiger partial charge in [0.15, 0.2) is 11.0 Å². The van der Waals surface area contributed by atoms with Crippen LogP contribution in [0.2, 0.25) is 0 Å². The number of rotatable bonds is 10. The Morgan fingerprint density at radius 1 is 1.16 bits per heavy atom. The first-order valence-corrected chi connectivity index (χ1v) is 11.2. The van der Waals surface area contributed by atoms with Gasteiger partial charge in [-0.1, -0.05) is 66.4 Å². The molecule has 31 heavy (non-hydrogen) atoms. The van der Waals surface area contributed by atoms with E-state index in [0.717, 1.165) is 22.4 Å². The molecular weight excluding hydrogens is 408 g/mol. The molecular formula is C24H28N4O2S. The second-order valence-corrected chi connectivity index (χ2v) is 8.24. The lowest BCUT2D eigenvalue weighted by Crippen LogP contribution is -2.28. The van der Waals surface area contributed by atoms with Gasteiger partial charge in [0, 0.05) is 6.54 Å². The van der Waals surface area contributed by atoms with E-state index in [-0.39, 0.29) is 17.7 Å². The van der Waals surface area contributed by atoms with Crippen molar-refractivity contribution in [3.63, 3.8) is 0 Å². The number of amides is 1. The number of thioether (sulfide) groups is 1. The number of para-hydroxylation sites is 1. The van der Waals surface area contributed by atoms with E-state index in [9.17, 15) is 4.79 Å². The average Bonchev–Trinajstić information content (AvgIpc) is 3.14.